The van der Waals surface area contributed by atoms with Crippen LogP contribution in [0.1, 0.15) is 18.5 Å². The number of carbonyl (C=O) groups is 1. The van der Waals surface area contributed by atoms with Crippen molar-refractivity contribution in [2.75, 3.05) is 11.1 Å². The average molecular weight is 334 g/mol. The molecule has 0 aliphatic carbocycles. The van der Waals surface area contributed by atoms with E-state index in [9.17, 15) is 4.79 Å². The minimum Gasteiger partial charge on any atom is -0.399 e. The third kappa shape index (κ3) is 3.99. The monoisotopic (exact) mass is 333 g/mol. The van der Waals surface area contributed by atoms with Gasteiger partial charge in [0, 0.05) is 15.8 Å². The van der Waals surface area contributed by atoms with Gasteiger partial charge in [0.05, 0.1) is 6.04 Å². The number of urea groups is 1. The molecule has 0 fully saturated rings. The summed E-state index contributed by atoms with van der Waals surface area (Å²) in [7, 11) is 0. The van der Waals surface area contributed by atoms with Gasteiger partial charge < -0.3 is 16.4 Å². The van der Waals surface area contributed by atoms with Crippen LogP contribution in [0.3, 0.4) is 0 Å². The predicted molar refractivity (Wildman–Crippen MR) is 85.6 cm³/mol. The number of hydrogen-bond acceptors (Lipinski definition) is 2. The maximum atomic E-state index is 11.9. The van der Waals surface area contributed by atoms with Crippen LogP contribution >= 0.6 is 15.9 Å². The Hall–Kier alpha value is -2.01. The number of amides is 2. The van der Waals surface area contributed by atoms with Crippen LogP contribution in [-0.2, 0) is 0 Å². The highest BCUT2D eigenvalue weighted by atomic mass is 79.9. The van der Waals surface area contributed by atoms with Crippen molar-refractivity contribution in [1.82, 2.24) is 5.32 Å². The van der Waals surface area contributed by atoms with Crippen molar-refractivity contribution in [3.63, 3.8) is 0 Å². The lowest BCUT2D eigenvalue weighted by Gasteiger charge is -2.15. The summed E-state index contributed by atoms with van der Waals surface area (Å²) >= 11 is 3.42. The van der Waals surface area contributed by atoms with E-state index in [1.54, 1.807) is 24.3 Å². The number of halogens is 1. The van der Waals surface area contributed by atoms with E-state index in [0.29, 0.717) is 11.4 Å². The summed E-state index contributed by atoms with van der Waals surface area (Å²) in [5.41, 5.74) is 7.98. The van der Waals surface area contributed by atoms with Crippen molar-refractivity contribution >= 4 is 33.3 Å². The first kappa shape index (κ1) is 14.4. The van der Waals surface area contributed by atoms with Crippen LogP contribution in [-0.4, -0.2) is 6.03 Å². The quantitative estimate of drug-likeness (QED) is 0.745. The fourth-order valence-corrected chi connectivity index (χ4v) is 2.26. The molecule has 0 bridgehead atoms. The molecule has 0 saturated carbocycles. The van der Waals surface area contributed by atoms with E-state index in [-0.39, 0.29) is 12.1 Å². The topological polar surface area (TPSA) is 67.2 Å². The molecule has 2 rings (SSSR count). The number of benzene rings is 2. The van der Waals surface area contributed by atoms with Crippen molar-refractivity contribution in [3.8, 4) is 0 Å². The van der Waals surface area contributed by atoms with E-state index in [1.807, 2.05) is 31.2 Å². The molecule has 20 heavy (non-hydrogen) atoms. The lowest BCUT2D eigenvalue weighted by molar-refractivity contribution is 0.249. The highest BCUT2D eigenvalue weighted by Gasteiger charge is 2.09. The van der Waals surface area contributed by atoms with Crippen LogP contribution in [0.4, 0.5) is 16.2 Å². The molecule has 2 aromatic rings. The van der Waals surface area contributed by atoms with Gasteiger partial charge in [0.1, 0.15) is 0 Å². The smallest absolute Gasteiger partial charge is 0.319 e. The Morgan fingerprint density at radius 3 is 2.65 bits per heavy atom. The number of hydrogen-bond donors (Lipinski definition) is 3. The highest BCUT2D eigenvalue weighted by Crippen LogP contribution is 2.18. The van der Waals surface area contributed by atoms with E-state index >= 15 is 0 Å². The Labute approximate surface area is 126 Å². The largest absolute Gasteiger partial charge is 0.399 e. The molecule has 0 spiro atoms. The molecule has 5 heteroatoms. The molecule has 2 aromatic carbocycles. The van der Waals surface area contributed by atoms with Crippen molar-refractivity contribution in [2.45, 2.75) is 13.0 Å². The molecule has 104 valence electrons. The Morgan fingerprint density at radius 1 is 1.20 bits per heavy atom. The Balaban J connectivity index is 1.97. The molecule has 0 heterocycles. The maximum absolute atomic E-state index is 11.9. The molecular weight excluding hydrogens is 318 g/mol. The molecule has 0 radical (unpaired) electrons. The second-order valence-corrected chi connectivity index (χ2v) is 5.42. The minimum atomic E-state index is -0.261. The first-order chi connectivity index (χ1) is 9.54. The number of nitrogens with two attached hydrogens (primary N) is 1. The number of nitrogen functional groups attached to an aromatic ring is 1. The van der Waals surface area contributed by atoms with E-state index in [4.69, 9.17) is 5.73 Å². The highest BCUT2D eigenvalue weighted by molar-refractivity contribution is 9.10. The summed E-state index contributed by atoms with van der Waals surface area (Å²) < 4.78 is 0.986. The Kier molecular flexibility index (Phi) is 4.63. The first-order valence-corrected chi connectivity index (χ1v) is 7.02. The Bertz CT molecular complexity index is 616. The summed E-state index contributed by atoms with van der Waals surface area (Å²) in [6.07, 6.45) is 0. The molecule has 4 N–H and O–H groups in total. The van der Waals surface area contributed by atoms with Crippen molar-refractivity contribution in [2.24, 2.45) is 0 Å². The van der Waals surface area contributed by atoms with Crippen molar-refractivity contribution in [3.05, 3.63) is 58.6 Å². The van der Waals surface area contributed by atoms with E-state index in [2.05, 4.69) is 26.6 Å². The van der Waals surface area contributed by atoms with Crippen LogP contribution in [0.2, 0.25) is 0 Å². The van der Waals surface area contributed by atoms with Gasteiger partial charge in [-0.1, -0.05) is 34.1 Å². The van der Waals surface area contributed by atoms with Gasteiger partial charge in [-0.15, -0.1) is 0 Å². The van der Waals surface area contributed by atoms with Crippen LogP contribution < -0.4 is 16.4 Å². The zero-order valence-corrected chi connectivity index (χ0v) is 12.6. The average Bonchev–Trinajstić information content (AvgIpc) is 2.38. The minimum absolute atomic E-state index is 0.0893. The van der Waals surface area contributed by atoms with Gasteiger partial charge in [-0.3, -0.25) is 0 Å². The van der Waals surface area contributed by atoms with Gasteiger partial charge >= 0.3 is 6.03 Å². The third-order valence-corrected chi connectivity index (χ3v) is 3.33. The zero-order valence-electron chi connectivity index (χ0n) is 11.1. The van der Waals surface area contributed by atoms with Gasteiger partial charge in [-0.05, 0) is 42.8 Å². The summed E-state index contributed by atoms with van der Waals surface area (Å²) in [5, 5.41) is 5.64. The summed E-state index contributed by atoms with van der Waals surface area (Å²) in [4.78, 5) is 11.9. The lowest BCUT2D eigenvalue weighted by Crippen LogP contribution is -2.31. The normalized spacial score (nSPS) is 11.7. The van der Waals surface area contributed by atoms with Gasteiger partial charge in [0.25, 0.3) is 0 Å². The zero-order chi connectivity index (χ0) is 14.5. The van der Waals surface area contributed by atoms with Crippen LogP contribution in [0.25, 0.3) is 0 Å². The van der Waals surface area contributed by atoms with Gasteiger partial charge in [-0.2, -0.15) is 0 Å². The Morgan fingerprint density at radius 2 is 1.95 bits per heavy atom. The predicted octanol–water partition coefficient (Wildman–Crippen LogP) is 3.91. The molecular formula is C15H16BrN3O. The van der Waals surface area contributed by atoms with E-state index in [0.717, 1.165) is 10.0 Å². The van der Waals surface area contributed by atoms with Crippen LogP contribution in [0, 0.1) is 0 Å². The van der Waals surface area contributed by atoms with Crippen molar-refractivity contribution in [1.29, 1.82) is 0 Å². The summed E-state index contributed by atoms with van der Waals surface area (Å²) in [6.45, 7) is 1.93. The first-order valence-electron chi connectivity index (χ1n) is 6.23. The number of anilines is 2. The molecule has 4 nitrogen and oxygen atoms in total. The number of nitrogens with one attached hydrogen (secondary N) is 2. The van der Waals surface area contributed by atoms with Crippen LogP contribution in [0.5, 0.6) is 0 Å². The molecule has 1 unspecified atom stereocenters. The van der Waals surface area contributed by atoms with E-state index in [1.165, 1.54) is 0 Å². The second-order valence-electron chi connectivity index (χ2n) is 4.50. The molecule has 2 amide bonds. The third-order valence-electron chi connectivity index (χ3n) is 2.84. The summed E-state index contributed by atoms with van der Waals surface area (Å²) in [5.74, 6) is 0. The van der Waals surface area contributed by atoms with Gasteiger partial charge in [-0.25, -0.2) is 4.79 Å². The number of rotatable bonds is 3. The second kappa shape index (κ2) is 6.43. The lowest BCUT2D eigenvalue weighted by atomic mass is 10.1. The van der Waals surface area contributed by atoms with Crippen LogP contribution in [0.15, 0.2) is 53.0 Å². The summed E-state index contributed by atoms with van der Waals surface area (Å²) in [6, 6.07) is 14.5. The maximum Gasteiger partial charge on any atom is 0.319 e. The SMILES string of the molecule is CC(NC(=O)Nc1cccc(N)c1)c1cccc(Br)c1. The fraction of sp³-hybridized carbons (Fsp3) is 0.133. The van der Waals surface area contributed by atoms with Crippen molar-refractivity contribution < 1.29 is 4.79 Å². The van der Waals surface area contributed by atoms with Gasteiger partial charge in [0.2, 0.25) is 0 Å². The molecule has 1 atom stereocenters. The number of carbonyl (C=O) groups excluding carboxylic acids is 1. The van der Waals surface area contributed by atoms with Gasteiger partial charge in [0.15, 0.2) is 0 Å². The molecule has 0 aliphatic rings. The molecule has 0 aromatic heterocycles. The fourth-order valence-electron chi connectivity index (χ4n) is 1.84. The van der Waals surface area contributed by atoms with E-state index < -0.39 is 0 Å². The molecule has 0 aliphatic heterocycles. The standard InChI is InChI=1S/C15H16BrN3O/c1-10(11-4-2-5-12(16)8-11)18-15(20)19-14-7-3-6-13(17)9-14/h2-10H,17H2,1H3,(H2,18,19,20). The molecule has 0 saturated heterocycles.